The van der Waals surface area contributed by atoms with Crippen molar-refractivity contribution in [1.82, 2.24) is 0 Å². The lowest BCUT2D eigenvalue weighted by molar-refractivity contribution is 0.131. The van der Waals surface area contributed by atoms with Crippen molar-refractivity contribution in [2.75, 3.05) is 6.54 Å². The summed E-state index contributed by atoms with van der Waals surface area (Å²) >= 11 is 0. The maximum Gasteiger partial charge on any atom is 0.120 e. The zero-order valence-electron chi connectivity index (χ0n) is 9.66. The standard InChI is InChI=1S/C13H19NO/c1-13(2,3)15-12-8-6-11(7-9-12)5-4-10-14/h4-9H,10,14H2,1-3H3. The van der Waals surface area contributed by atoms with Crippen LogP contribution in [0.25, 0.3) is 6.08 Å². The highest BCUT2D eigenvalue weighted by Gasteiger charge is 2.10. The Labute approximate surface area is 91.7 Å². The summed E-state index contributed by atoms with van der Waals surface area (Å²) in [7, 11) is 0. The second kappa shape index (κ2) is 4.99. The summed E-state index contributed by atoms with van der Waals surface area (Å²) in [5.74, 6) is 0.896. The fraction of sp³-hybridized carbons (Fsp3) is 0.385. The van der Waals surface area contributed by atoms with E-state index in [1.54, 1.807) is 0 Å². The average Bonchev–Trinajstić information content (AvgIpc) is 2.14. The lowest BCUT2D eigenvalue weighted by atomic mass is 10.1. The molecule has 0 heterocycles. The van der Waals surface area contributed by atoms with Gasteiger partial charge >= 0.3 is 0 Å². The van der Waals surface area contributed by atoms with Gasteiger partial charge in [-0.15, -0.1) is 0 Å². The summed E-state index contributed by atoms with van der Waals surface area (Å²) in [6, 6.07) is 7.99. The number of benzene rings is 1. The van der Waals surface area contributed by atoms with E-state index in [1.165, 1.54) is 0 Å². The van der Waals surface area contributed by atoms with Crippen LogP contribution in [-0.2, 0) is 0 Å². The van der Waals surface area contributed by atoms with Gasteiger partial charge in [0, 0.05) is 6.54 Å². The van der Waals surface area contributed by atoms with E-state index >= 15 is 0 Å². The number of hydrogen-bond acceptors (Lipinski definition) is 2. The predicted octanol–water partition coefficient (Wildman–Crippen LogP) is 2.84. The minimum absolute atomic E-state index is 0.144. The van der Waals surface area contributed by atoms with Crippen LogP contribution in [0.5, 0.6) is 5.75 Å². The molecule has 0 fully saturated rings. The molecule has 0 atom stereocenters. The van der Waals surface area contributed by atoms with Crippen molar-refractivity contribution in [3.8, 4) is 5.75 Å². The highest BCUT2D eigenvalue weighted by molar-refractivity contribution is 5.50. The van der Waals surface area contributed by atoms with Crippen molar-refractivity contribution in [2.24, 2.45) is 5.73 Å². The van der Waals surface area contributed by atoms with Crippen LogP contribution < -0.4 is 10.5 Å². The van der Waals surface area contributed by atoms with Gasteiger partial charge in [0.25, 0.3) is 0 Å². The van der Waals surface area contributed by atoms with Gasteiger partial charge in [0.15, 0.2) is 0 Å². The Hall–Kier alpha value is -1.28. The molecule has 0 saturated carbocycles. The van der Waals surface area contributed by atoms with Crippen LogP contribution in [0.1, 0.15) is 26.3 Å². The molecule has 0 spiro atoms. The maximum absolute atomic E-state index is 5.71. The van der Waals surface area contributed by atoms with Crippen LogP contribution in [-0.4, -0.2) is 12.1 Å². The molecule has 1 rings (SSSR count). The van der Waals surface area contributed by atoms with Crippen LogP contribution in [0.3, 0.4) is 0 Å². The molecule has 0 bridgehead atoms. The van der Waals surface area contributed by atoms with E-state index in [9.17, 15) is 0 Å². The number of rotatable bonds is 3. The van der Waals surface area contributed by atoms with E-state index in [2.05, 4.69) is 0 Å². The molecular formula is C13H19NO. The lowest BCUT2D eigenvalue weighted by Crippen LogP contribution is -2.22. The van der Waals surface area contributed by atoms with Crippen molar-refractivity contribution in [2.45, 2.75) is 26.4 Å². The van der Waals surface area contributed by atoms with Crippen molar-refractivity contribution in [1.29, 1.82) is 0 Å². The summed E-state index contributed by atoms with van der Waals surface area (Å²) in [6.07, 6.45) is 3.93. The molecule has 0 aliphatic carbocycles. The molecule has 2 nitrogen and oxygen atoms in total. The Bertz CT molecular complexity index is 319. The van der Waals surface area contributed by atoms with Crippen LogP contribution in [0.15, 0.2) is 30.3 Å². The molecule has 0 aromatic heterocycles. The van der Waals surface area contributed by atoms with Gasteiger partial charge in [0.05, 0.1) is 0 Å². The first-order valence-corrected chi connectivity index (χ1v) is 5.17. The van der Waals surface area contributed by atoms with Crippen molar-refractivity contribution >= 4 is 6.08 Å². The highest BCUT2D eigenvalue weighted by Crippen LogP contribution is 2.18. The third-order valence-electron chi connectivity index (χ3n) is 1.75. The molecule has 2 N–H and O–H groups in total. The fourth-order valence-corrected chi connectivity index (χ4v) is 1.20. The summed E-state index contributed by atoms with van der Waals surface area (Å²) in [5.41, 5.74) is 6.37. The summed E-state index contributed by atoms with van der Waals surface area (Å²) in [4.78, 5) is 0. The second-order valence-corrected chi connectivity index (χ2v) is 4.42. The molecule has 0 unspecified atom stereocenters. The fourth-order valence-electron chi connectivity index (χ4n) is 1.20. The van der Waals surface area contributed by atoms with Crippen molar-refractivity contribution in [3.05, 3.63) is 35.9 Å². The van der Waals surface area contributed by atoms with Crippen LogP contribution in [0.2, 0.25) is 0 Å². The molecule has 0 radical (unpaired) electrons. The third kappa shape index (κ3) is 4.66. The van der Waals surface area contributed by atoms with Gasteiger partial charge in [-0.2, -0.15) is 0 Å². The summed E-state index contributed by atoms with van der Waals surface area (Å²) in [5, 5.41) is 0. The van der Waals surface area contributed by atoms with Gasteiger partial charge in [-0.3, -0.25) is 0 Å². The van der Waals surface area contributed by atoms with Crippen LogP contribution in [0.4, 0.5) is 0 Å². The molecule has 1 aromatic rings. The highest BCUT2D eigenvalue weighted by atomic mass is 16.5. The van der Waals surface area contributed by atoms with E-state index < -0.39 is 0 Å². The van der Waals surface area contributed by atoms with Gasteiger partial charge in [-0.1, -0.05) is 24.3 Å². The first-order valence-electron chi connectivity index (χ1n) is 5.17. The lowest BCUT2D eigenvalue weighted by Gasteiger charge is -2.21. The molecule has 82 valence electrons. The quantitative estimate of drug-likeness (QED) is 0.823. The number of ether oxygens (including phenoxy) is 1. The van der Waals surface area contributed by atoms with Crippen molar-refractivity contribution in [3.63, 3.8) is 0 Å². The van der Waals surface area contributed by atoms with Crippen molar-refractivity contribution < 1.29 is 4.74 Å². The van der Waals surface area contributed by atoms with E-state index in [4.69, 9.17) is 10.5 Å². The molecule has 0 aliphatic heterocycles. The SMILES string of the molecule is CC(C)(C)Oc1ccc(C=CCN)cc1. The van der Waals surface area contributed by atoms with E-state index in [0.717, 1.165) is 11.3 Å². The molecule has 0 saturated heterocycles. The molecule has 15 heavy (non-hydrogen) atoms. The minimum Gasteiger partial charge on any atom is -0.488 e. The van der Waals surface area contributed by atoms with Crippen LogP contribution in [0, 0.1) is 0 Å². The zero-order valence-corrected chi connectivity index (χ0v) is 9.66. The Morgan fingerprint density at radius 1 is 1.20 bits per heavy atom. The Morgan fingerprint density at radius 2 is 1.80 bits per heavy atom. The largest absolute Gasteiger partial charge is 0.488 e. The first-order chi connectivity index (χ1) is 7.01. The third-order valence-corrected chi connectivity index (χ3v) is 1.75. The molecule has 1 aromatic carbocycles. The summed E-state index contributed by atoms with van der Waals surface area (Å²) in [6.45, 7) is 6.68. The zero-order chi connectivity index (χ0) is 11.3. The molecule has 2 heteroatoms. The smallest absolute Gasteiger partial charge is 0.120 e. The van der Waals surface area contributed by atoms with Gasteiger partial charge in [-0.25, -0.2) is 0 Å². The molecule has 0 amide bonds. The van der Waals surface area contributed by atoms with Gasteiger partial charge in [0.2, 0.25) is 0 Å². The van der Waals surface area contributed by atoms with E-state index in [-0.39, 0.29) is 5.60 Å². The second-order valence-electron chi connectivity index (χ2n) is 4.42. The maximum atomic E-state index is 5.71. The first kappa shape index (κ1) is 11.8. The number of nitrogens with two attached hydrogens (primary N) is 1. The Kier molecular flexibility index (Phi) is 3.92. The van der Waals surface area contributed by atoms with Crippen LogP contribution >= 0.6 is 0 Å². The van der Waals surface area contributed by atoms with Gasteiger partial charge < -0.3 is 10.5 Å². The minimum atomic E-state index is -0.144. The monoisotopic (exact) mass is 205 g/mol. The summed E-state index contributed by atoms with van der Waals surface area (Å²) < 4.78 is 5.71. The molecular weight excluding hydrogens is 186 g/mol. The van der Waals surface area contributed by atoms with Gasteiger partial charge in [0.1, 0.15) is 11.4 Å². The topological polar surface area (TPSA) is 35.2 Å². The normalized spacial score (nSPS) is 12.0. The van der Waals surface area contributed by atoms with E-state index in [0.29, 0.717) is 6.54 Å². The van der Waals surface area contributed by atoms with E-state index in [1.807, 2.05) is 57.2 Å². The van der Waals surface area contributed by atoms with Gasteiger partial charge in [-0.05, 0) is 38.5 Å². The Morgan fingerprint density at radius 3 is 2.27 bits per heavy atom. The molecule has 0 aliphatic rings. The average molecular weight is 205 g/mol. The number of hydrogen-bond donors (Lipinski definition) is 1. The predicted molar refractivity (Wildman–Crippen MR) is 64.9 cm³/mol. The Balaban J connectivity index is 2.68.